The Kier molecular flexibility index (Phi) is 6.77. The first-order chi connectivity index (χ1) is 12.1. The average Bonchev–Trinajstić information content (AvgIpc) is 2.66. The summed E-state index contributed by atoms with van der Waals surface area (Å²) < 4.78 is 4.70. The number of ether oxygens (including phenoxy) is 1. The first-order valence-corrected chi connectivity index (χ1v) is 8.40. The Balaban J connectivity index is 0.00000243. The van der Waals surface area contributed by atoms with E-state index in [1.165, 1.54) is 12.7 Å². The van der Waals surface area contributed by atoms with Crippen LogP contribution in [0.5, 0.6) is 0 Å². The third kappa shape index (κ3) is 4.23. The molecule has 0 unspecified atom stereocenters. The second kappa shape index (κ2) is 8.83. The number of halogens is 1. The molecule has 2 N–H and O–H groups in total. The monoisotopic (exact) mass is 374 g/mol. The molecule has 2 atom stereocenters. The molecule has 2 aromatic rings. The van der Waals surface area contributed by atoms with Crippen LogP contribution in [0, 0.1) is 0 Å². The third-order valence-corrected chi connectivity index (χ3v) is 4.56. The van der Waals surface area contributed by atoms with Crippen LogP contribution in [-0.4, -0.2) is 25.5 Å². The van der Waals surface area contributed by atoms with Gasteiger partial charge in [-0.2, -0.15) is 0 Å². The van der Waals surface area contributed by atoms with Crippen molar-refractivity contribution in [3.63, 3.8) is 0 Å². The van der Waals surface area contributed by atoms with Crippen molar-refractivity contribution in [2.45, 2.75) is 25.4 Å². The predicted molar refractivity (Wildman–Crippen MR) is 102 cm³/mol. The maximum absolute atomic E-state index is 12.7. The zero-order valence-electron chi connectivity index (χ0n) is 14.8. The highest BCUT2D eigenvalue weighted by atomic mass is 35.5. The molecule has 1 aliphatic rings. The highest BCUT2D eigenvalue weighted by Crippen LogP contribution is 2.24. The number of carbonyl (C=O) groups is 2. The van der Waals surface area contributed by atoms with Crippen LogP contribution >= 0.6 is 12.4 Å². The number of fused-ring (bicyclic) bond motifs is 1. The minimum Gasteiger partial charge on any atom is -0.465 e. The molecule has 0 aliphatic carbocycles. The molecule has 1 amide bonds. The van der Waals surface area contributed by atoms with Gasteiger partial charge < -0.3 is 15.4 Å². The lowest BCUT2D eigenvalue weighted by atomic mass is 9.93. The number of rotatable bonds is 4. The lowest BCUT2D eigenvalue weighted by molar-refractivity contribution is -0.124. The normalized spacial score (nSPS) is 16.6. The maximum atomic E-state index is 12.7. The number of benzene rings is 2. The minimum absolute atomic E-state index is 0. The Hall–Kier alpha value is -2.37. The van der Waals surface area contributed by atoms with Crippen molar-refractivity contribution in [2.75, 3.05) is 13.7 Å². The number of hydrogen-bond acceptors (Lipinski definition) is 4. The summed E-state index contributed by atoms with van der Waals surface area (Å²) in [6.45, 7) is 2.72. The van der Waals surface area contributed by atoms with Gasteiger partial charge >= 0.3 is 5.97 Å². The van der Waals surface area contributed by atoms with E-state index in [9.17, 15) is 9.59 Å². The summed E-state index contributed by atoms with van der Waals surface area (Å²) in [5.74, 6) is -0.414. The van der Waals surface area contributed by atoms with Gasteiger partial charge in [-0.1, -0.05) is 36.4 Å². The van der Waals surface area contributed by atoms with Crippen LogP contribution in [0.2, 0.25) is 0 Å². The molecule has 1 aliphatic heterocycles. The second-order valence-electron chi connectivity index (χ2n) is 6.18. The zero-order valence-corrected chi connectivity index (χ0v) is 15.6. The SMILES string of the molecule is COC(=O)c1ccc([C@H](C)NC(=O)[C@@H]2NCCc3ccccc32)cc1.Cl. The van der Waals surface area contributed by atoms with Crippen LogP contribution in [0.4, 0.5) is 0 Å². The smallest absolute Gasteiger partial charge is 0.337 e. The quantitative estimate of drug-likeness (QED) is 0.807. The van der Waals surface area contributed by atoms with E-state index in [2.05, 4.69) is 16.7 Å². The van der Waals surface area contributed by atoms with E-state index in [4.69, 9.17) is 4.74 Å². The van der Waals surface area contributed by atoms with Gasteiger partial charge in [0, 0.05) is 6.54 Å². The summed E-state index contributed by atoms with van der Waals surface area (Å²) in [7, 11) is 1.36. The Morgan fingerprint density at radius 1 is 1.15 bits per heavy atom. The highest BCUT2D eigenvalue weighted by molar-refractivity contribution is 5.89. The molecule has 138 valence electrons. The van der Waals surface area contributed by atoms with Crippen LogP contribution < -0.4 is 10.6 Å². The highest BCUT2D eigenvalue weighted by Gasteiger charge is 2.26. The number of hydrogen-bond donors (Lipinski definition) is 2. The Bertz CT molecular complexity index is 777. The van der Waals surface area contributed by atoms with Crippen LogP contribution in [0.15, 0.2) is 48.5 Å². The summed E-state index contributed by atoms with van der Waals surface area (Å²) in [5.41, 5.74) is 3.69. The van der Waals surface area contributed by atoms with Crippen molar-refractivity contribution >= 4 is 24.3 Å². The lowest BCUT2D eigenvalue weighted by Crippen LogP contribution is -2.42. The predicted octanol–water partition coefficient (Wildman–Crippen LogP) is 2.96. The molecule has 0 saturated heterocycles. The number of methoxy groups -OCH3 is 1. The standard InChI is InChI=1S/C20H22N2O3.ClH/c1-13(14-7-9-16(10-8-14)20(24)25-2)22-19(23)18-17-6-4-3-5-15(17)11-12-21-18;/h3-10,13,18,21H,11-12H2,1-2H3,(H,22,23);1H/t13-,18+;/m0./s1. The summed E-state index contributed by atoms with van der Waals surface area (Å²) >= 11 is 0. The maximum Gasteiger partial charge on any atom is 0.337 e. The van der Waals surface area contributed by atoms with Gasteiger partial charge in [0.25, 0.3) is 0 Å². The van der Waals surface area contributed by atoms with E-state index in [-0.39, 0.29) is 36.4 Å². The Morgan fingerprint density at radius 2 is 1.85 bits per heavy atom. The van der Waals surface area contributed by atoms with Gasteiger partial charge in [-0.15, -0.1) is 12.4 Å². The fourth-order valence-corrected chi connectivity index (χ4v) is 3.14. The van der Waals surface area contributed by atoms with Gasteiger partial charge in [-0.05, 0) is 42.2 Å². The topological polar surface area (TPSA) is 67.4 Å². The van der Waals surface area contributed by atoms with Crippen molar-refractivity contribution in [1.29, 1.82) is 0 Å². The molecule has 26 heavy (non-hydrogen) atoms. The first-order valence-electron chi connectivity index (χ1n) is 8.40. The van der Waals surface area contributed by atoms with E-state index < -0.39 is 0 Å². The molecule has 6 heteroatoms. The van der Waals surface area contributed by atoms with E-state index in [0.29, 0.717) is 5.56 Å². The lowest BCUT2D eigenvalue weighted by Gasteiger charge is -2.27. The van der Waals surface area contributed by atoms with Gasteiger partial charge in [-0.3, -0.25) is 4.79 Å². The fraction of sp³-hybridized carbons (Fsp3) is 0.300. The average molecular weight is 375 g/mol. The van der Waals surface area contributed by atoms with Crippen molar-refractivity contribution < 1.29 is 14.3 Å². The van der Waals surface area contributed by atoms with Gasteiger partial charge in [0.2, 0.25) is 5.91 Å². The van der Waals surface area contributed by atoms with Gasteiger partial charge in [0.1, 0.15) is 6.04 Å². The van der Waals surface area contributed by atoms with Crippen LogP contribution in [-0.2, 0) is 16.0 Å². The fourth-order valence-electron chi connectivity index (χ4n) is 3.14. The molecule has 0 saturated carbocycles. The first kappa shape index (κ1) is 19.9. The number of amides is 1. The largest absolute Gasteiger partial charge is 0.465 e. The number of carbonyl (C=O) groups excluding carboxylic acids is 2. The minimum atomic E-state index is -0.369. The van der Waals surface area contributed by atoms with Crippen molar-refractivity contribution in [3.8, 4) is 0 Å². The molecule has 2 aromatic carbocycles. The van der Waals surface area contributed by atoms with Crippen LogP contribution in [0.3, 0.4) is 0 Å². The molecule has 0 bridgehead atoms. The summed E-state index contributed by atoms with van der Waals surface area (Å²) in [6.07, 6.45) is 0.935. The van der Waals surface area contributed by atoms with E-state index in [1.807, 2.05) is 37.3 Å². The number of nitrogens with one attached hydrogen (secondary N) is 2. The molecular weight excluding hydrogens is 352 g/mol. The number of esters is 1. The zero-order chi connectivity index (χ0) is 17.8. The third-order valence-electron chi connectivity index (χ3n) is 4.56. The summed E-state index contributed by atoms with van der Waals surface area (Å²) in [5, 5.41) is 6.34. The molecule has 0 aromatic heterocycles. The second-order valence-corrected chi connectivity index (χ2v) is 6.18. The van der Waals surface area contributed by atoms with Gasteiger partial charge in [-0.25, -0.2) is 4.79 Å². The van der Waals surface area contributed by atoms with Crippen molar-refractivity contribution in [2.24, 2.45) is 0 Å². The van der Waals surface area contributed by atoms with E-state index in [1.54, 1.807) is 12.1 Å². The summed E-state index contributed by atoms with van der Waals surface area (Å²) in [4.78, 5) is 24.2. The van der Waals surface area contributed by atoms with Gasteiger partial charge in [0.05, 0.1) is 18.7 Å². The van der Waals surface area contributed by atoms with E-state index >= 15 is 0 Å². The molecular formula is C20H23ClN2O3. The van der Waals surface area contributed by atoms with Crippen LogP contribution in [0.1, 0.15) is 46.1 Å². The molecule has 0 fully saturated rings. The summed E-state index contributed by atoms with van der Waals surface area (Å²) in [6, 6.07) is 14.6. The molecule has 0 radical (unpaired) electrons. The van der Waals surface area contributed by atoms with Crippen LogP contribution in [0.25, 0.3) is 0 Å². The van der Waals surface area contributed by atoms with E-state index in [0.717, 1.165) is 24.1 Å². The van der Waals surface area contributed by atoms with Crippen molar-refractivity contribution in [3.05, 3.63) is 70.8 Å². The van der Waals surface area contributed by atoms with Crippen molar-refractivity contribution in [1.82, 2.24) is 10.6 Å². The molecule has 0 spiro atoms. The molecule has 3 rings (SSSR count). The Morgan fingerprint density at radius 3 is 2.54 bits per heavy atom. The van der Waals surface area contributed by atoms with Gasteiger partial charge in [0.15, 0.2) is 0 Å². The molecule has 5 nitrogen and oxygen atoms in total. The molecule has 1 heterocycles. The Labute approximate surface area is 159 Å².